The van der Waals surface area contributed by atoms with Crippen molar-refractivity contribution >= 4 is 21.6 Å². The molecule has 0 spiro atoms. The number of benzene rings is 1. The van der Waals surface area contributed by atoms with Crippen molar-refractivity contribution in [1.82, 2.24) is 0 Å². The van der Waals surface area contributed by atoms with Gasteiger partial charge in [0.05, 0.1) is 23.9 Å². The standard InChI is InChI=1S/C19H15BrN4/c20-13-7-5-12(6-8-13)17-14-3-1-2-4-15(14)18(24)16(9-21)19(17,10-22)11-23/h4-8,14,16-17,24H,1-3H2/t14-,16?,17+/m1/s1. The van der Waals surface area contributed by atoms with Crippen molar-refractivity contribution in [2.75, 3.05) is 0 Å². The molecule has 0 saturated heterocycles. The molecule has 3 rings (SSSR count). The molecule has 5 heteroatoms. The van der Waals surface area contributed by atoms with Crippen LogP contribution in [0, 0.1) is 56.7 Å². The summed E-state index contributed by atoms with van der Waals surface area (Å²) in [6.45, 7) is 0. The molecule has 2 aliphatic rings. The van der Waals surface area contributed by atoms with E-state index in [1.54, 1.807) is 0 Å². The van der Waals surface area contributed by atoms with Crippen molar-refractivity contribution < 1.29 is 0 Å². The molecule has 24 heavy (non-hydrogen) atoms. The summed E-state index contributed by atoms with van der Waals surface area (Å²) in [7, 11) is 0. The largest absolute Gasteiger partial charge is 0.304 e. The highest BCUT2D eigenvalue weighted by Crippen LogP contribution is 2.56. The summed E-state index contributed by atoms with van der Waals surface area (Å²) in [6.07, 6.45) is 4.70. The van der Waals surface area contributed by atoms with Crippen LogP contribution in [-0.4, -0.2) is 5.71 Å². The van der Waals surface area contributed by atoms with E-state index in [9.17, 15) is 15.8 Å². The Labute approximate surface area is 149 Å². The van der Waals surface area contributed by atoms with Gasteiger partial charge in [0.2, 0.25) is 0 Å². The normalized spacial score (nSPS) is 27.8. The number of rotatable bonds is 1. The Hall–Kier alpha value is -2.42. The number of nitrogens with zero attached hydrogens (tertiary/aromatic N) is 3. The topological polar surface area (TPSA) is 95.2 Å². The van der Waals surface area contributed by atoms with Gasteiger partial charge in [-0.15, -0.1) is 0 Å². The SMILES string of the molecule is N#CC1C(=N)C2=CCCC[C@H]2[C@H](c2ccc(Br)cc2)C1(C#N)C#N. The van der Waals surface area contributed by atoms with E-state index in [4.69, 9.17) is 5.41 Å². The van der Waals surface area contributed by atoms with Crippen molar-refractivity contribution in [3.05, 3.63) is 46.0 Å². The van der Waals surface area contributed by atoms with Gasteiger partial charge in [-0.2, -0.15) is 15.8 Å². The lowest BCUT2D eigenvalue weighted by atomic mass is 9.52. The second-order valence-corrected chi connectivity index (χ2v) is 7.21. The smallest absolute Gasteiger partial charge is 0.172 e. The first-order valence-corrected chi connectivity index (χ1v) is 8.64. The number of nitrogens with one attached hydrogen (secondary N) is 1. The molecule has 1 unspecified atom stereocenters. The third-order valence-corrected chi connectivity index (χ3v) is 5.69. The van der Waals surface area contributed by atoms with E-state index in [1.165, 1.54) is 0 Å². The van der Waals surface area contributed by atoms with Gasteiger partial charge < -0.3 is 5.41 Å². The Morgan fingerprint density at radius 3 is 2.38 bits per heavy atom. The Morgan fingerprint density at radius 2 is 1.79 bits per heavy atom. The quantitative estimate of drug-likeness (QED) is 0.780. The van der Waals surface area contributed by atoms with Gasteiger partial charge in [-0.25, -0.2) is 0 Å². The van der Waals surface area contributed by atoms with E-state index in [0.29, 0.717) is 0 Å². The number of allylic oxidation sites excluding steroid dienone is 2. The van der Waals surface area contributed by atoms with Crippen LogP contribution in [0.2, 0.25) is 0 Å². The number of halogens is 1. The van der Waals surface area contributed by atoms with E-state index in [-0.39, 0.29) is 11.6 Å². The van der Waals surface area contributed by atoms with Crippen LogP contribution < -0.4 is 0 Å². The average molecular weight is 379 g/mol. The molecule has 1 saturated carbocycles. The predicted octanol–water partition coefficient (Wildman–Crippen LogP) is 4.47. The maximum atomic E-state index is 9.89. The molecule has 1 aromatic rings. The van der Waals surface area contributed by atoms with E-state index in [1.807, 2.05) is 30.3 Å². The minimum atomic E-state index is -1.53. The number of nitriles is 3. The highest BCUT2D eigenvalue weighted by atomic mass is 79.9. The first kappa shape index (κ1) is 16.4. The molecule has 0 bridgehead atoms. The van der Waals surface area contributed by atoms with Crippen molar-refractivity contribution in [3.63, 3.8) is 0 Å². The van der Waals surface area contributed by atoms with Gasteiger partial charge in [0, 0.05) is 10.4 Å². The van der Waals surface area contributed by atoms with Gasteiger partial charge in [-0.3, -0.25) is 0 Å². The van der Waals surface area contributed by atoms with Gasteiger partial charge >= 0.3 is 0 Å². The van der Waals surface area contributed by atoms with Gasteiger partial charge in [0.1, 0.15) is 5.92 Å². The van der Waals surface area contributed by atoms with Crippen LogP contribution in [0.25, 0.3) is 0 Å². The fraction of sp³-hybridized carbons (Fsp3) is 0.368. The first-order chi connectivity index (χ1) is 11.6. The number of hydrogen-bond acceptors (Lipinski definition) is 4. The van der Waals surface area contributed by atoms with Gasteiger partial charge in [-0.05, 0) is 48.4 Å². The van der Waals surface area contributed by atoms with Crippen LogP contribution in [0.5, 0.6) is 0 Å². The third-order valence-electron chi connectivity index (χ3n) is 5.16. The zero-order chi connectivity index (χ0) is 17.3. The van der Waals surface area contributed by atoms with Gasteiger partial charge in [0.25, 0.3) is 0 Å². The molecular formula is C19H15BrN4. The third kappa shape index (κ3) is 2.27. The summed E-state index contributed by atoms with van der Waals surface area (Å²) in [4.78, 5) is 0. The van der Waals surface area contributed by atoms with Crippen molar-refractivity contribution in [3.8, 4) is 18.2 Å². The summed E-state index contributed by atoms with van der Waals surface area (Å²) in [5, 5.41) is 37.8. The highest BCUT2D eigenvalue weighted by molar-refractivity contribution is 9.10. The van der Waals surface area contributed by atoms with Crippen LogP contribution >= 0.6 is 15.9 Å². The van der Waals surface area contributed by atoms with Crippen molar-refractivity contribution in [2.45, 2.75) is 25.2 Å². The molecule has 1 fully saturated rings. The maximum absolute atomic E-state index is 9.89. The van der Waals surface area contributed by atoms with E-state index < -0.39 is 17.3 Å². The maximum Gasteiger partial charge on any atom is 0.172 e. The molecule has 0 radical (unpaired) electrons. The Morgan fingerprint density at radius 1 is 1.12 bits per heavy atom. The lowest BCUT2D eigenvalue weighted by Crippen LogP contribution is -2.48. The van der Waals surface area contributed by atoms with Crippen LogP contribution in [0.3, 0.4) is 0 Å². The summed E-state index contributed by atoms with van der Waals surface area (Å²) < 4.78 is 0.922. The van der Waals surface area contributed by atoms with Crippen molar-refractivity contribution in [2.24, 2.45) is 17.3 Å². The minimum absolute atomic E-state index is 0.0590. The molecule has 4 nitrogen and oxygen atoms in total. The molecule has 0 heterocycles. The van der Waals surface area contributed by atoms with Gasteiger partial charge in [0.15, 0.2) is 5.41 Å². The second-order valence-electron chi connectivity index (χ2n) is 6.29. The molecule has 1 N–H and O–H groups in total. The Balaban J connectivity index is 2.26. The Kier molecular flexibility index (Phi) is 4.27. The molecule has 3 atom stereocenters. The monoisotopic (exact) mass is 378 g/mol. The summed E-state index contributed by atoms with van der Waals surface area (Å²) in [6, 6.07) is 13.9. The number of hydrogen-bond donors (Lipinski definition) is 1. The van der Waals surface area contributed by atoms with Gasteiger partial charge in [-0.1, -0.05) is 34.1 Å². The minimum Gasteiger partial charge on any atom is -0.304 e. The number of fused-ring (bicyclic) bond motifs is 1. The molecule has 0 aliphatic heterocycles. The fourth-order valence-corrected chi connectivity index (χ4v) is 4.34. The zero-order valence-corrected chi connectivity index (χ0v) is 14.5. The molecule has 1 aromatic carbocycles. The molecule has 118 valence electrons. The summed E-state index contributed by atoms with van der Waals surface area (Å²) in [5.41, 5.74) is 0.353. The average Bonchev–Trinajstić information content (AvgIpc) is 2.62. The summed E-state index contributed by atoms with van der Waals surface area (Å²) >= 11 is 3.41. The lowest BCUT2D eigenvalue weighted by molar-refractivity contribution is 0.261. The molecule has 0 aromatic heterocycles. The highest BCUT2D eigenvalue weighted by Gasteiger charge is 2.58. The lowest BCUT2D eigenvalue weighted by Gasteiger charge is -2.46. The van der Waals surface area contributed by atoms with E-state index in [0.717, 1.165) is 34.9 Å². The fourth-order valence-electron chi connectivity index (χ4n) is 4.07. The summed E-state index contributed by atoms with van der Waals surface area (Å²) in [5.74, 6) is -1.48. The van der Waals surface area contributed by atoms with E-state index >= 15 is 0 Å². The second kappa shape index (κ2) is 6.23. The molecule has 0 amide bonds. The zero-order valence-electron chi connectivity index (χ0n) is 13.0. The Bertz CT molecular complexity index is 818. The first-order valence-electron chi connectivity index (χ1n) is 7.85. The predicted molar refractivity (Wildman–Crippen MR) is 92.8 cm³/mol. The molecule has 2 aliphatic carbocycles. The van der Waals surface area contributed by atoms with Crippen molar-refractivity contribution in [1.29, 1.82) is 21.2 Å². The van der Waals surface area contributed by atoms with Crippen LogP contribution in [0.4, 0.5) is 0 Å². The van der Waals surface area contributed by atoms with Crippen LogP contribution in [-0.2, 0) is 0 Å². The molecular weight excluding hydrogens is 364 g/mol. The van der Waals surface area contributed by atoms with Crippen LogP contribution in [0.15, 0.2) is 40.4 Å². The van der Waals surface area contributed by atoms with Crippen LogP contribution in [0.1, 0.15) is 30.7 Å². The van der Waals surface area contributed by atoms with E-state index in [2.05, 4.69) is 34.1 Å².